The van der Waals surface area contributed by atoms with Gasteiger partial charge in [-0.25, -0.2) is 4.79 Å². The van der Waals surface area contributed by atoms with Crippen molar-refractivity contribution in [3.63, 3.8) is 0 Å². The molecule has 4 nitrogen and oxygen atoms in total. The molecule has 1 aromatic rings. The van der Waals surface area contributed by atoms with Gasteiger partial charge >= 0.3 is 5.97 Å². The third-order valence-corrected chi connectivity index (χ3v) is 2.55. The Morgan fingerprint density at radius 3 is 2.71 bits per heavy atom. The van der Waals surface area contributed by atoms with Crippen molar-refractivity contribution >= 4 is 5.97 Å². The fraction of sp³-hybridized carbons (Fsp3) is 0.538. The summed E-state index contributed by atoms with van der Waals surface area (Å²) in [7, 11) is 0. The van der Waals surface area contributed by atoms with Crippen LogP contribution in [0.15, 0.2) is 23.1 Å². The molecule has 17 heavy (non-hydrogen) atoms. The molecule has 0 bridgehead atoms. The van der Waals surface area contributed by atoms with E-state index in [-0.39, 0.29) is 11.5 Å². The van der Waals surface area contributed by atoms with Crippen molar-refractivity contribution in [1.82, 2.24) is 4.57 Å². The lowest BCUT2D eigenvalue weighted by Gasteiger charge is -2.16. The Labute approximate surface area is 101 Å². The molecule has 1 heterocycles. The zero-order valence-corrected chi connectivity index (χ0v) is 10.6. The fourth-order valence-corrected chi connectivity index (χ4v) is 1.62. The normalized spacial score (nSPS) is 12.2. The molecule has 1 atom stereocenters. The van der Waals surface area contributed by atoms with Gasteiger partial charge in [-0.3, -0.25) is 4.79 Å². The highest BCUT2D eigenvalue weighted by Crippen LogP contribution is 2.11. The Morgan fingerprint density at radius 1 is 1.47 bits per heavy atom. The van der Waals surface area contributed by atoms with Gasteiger partial charge in [0.1, 0.15) is 6.04 Å². The minimum Gasteiger partial charge on any atom is -0.464 e. The molecule has 0 aromatic carbocycles. The largest absolute Gasteiger partial charge is 0.464 e. The number of hydrogen-bond donors (Lipinski definition) is 0. The summed E-state index contributed by atoms with van der Waals surface area (Å²) in [6.45, 7) is 6.05. The van der Waals surface area contributed by atoms with Crippen LogP contribution >= 0.6 is 0 Å². The van der Waals surface area contributed by atoms with Gasteiger partial charge in [0, 0.05) is 12.3 Å². The van der Waals surface area contributed by atoms with E-state index < -0.39 is 6.04 Å². The number of aromatic nitrogens is 1. The molecule has 0 aliphatic rings. The molecule has 0 aliphatic heterocycles. The van der Waals surface area contributed by atoms with Crippen LogP contribution in [0.5, 0.6) is 0 Å². The smallest absolute Gasteiger partial charge is 0.329 e. The predicted molar refractivity (Wildman–Crippen MR) is 66.0 cm³/mol. The average molecular weight is 237 g/mol. The molecule has 0 amide bonds. The lowest BCUT2D eigenvalue weighted by atomic mass is 10.2. The molecule has 0 N–H and O–H groups in total. The summed E-state index contributed by atoms with van der Waals surface area (Å²) in [4.78, 5) is 23.6. The van der Waals surface area contributed by atoms with Gasteiger partial charge in [0.15, 0.2) is 0 Å². The number of carbonyl (C=O) groups excluding carboxylic acids is 1. The van der Waals surface area contributed by atoms with Crippen molar-refractivity contribution in [1.29, 1.82) is 0 Å². The first kappa shape index (κ1) is 13.5. The van der Waals surface area contributed by atoms with Crippen LogP contribution in [0.4, 0.5) is 0 Å². The number of esters is 1. The average Bonchev–Trinajstić information content (AvgIpc) is 2.30. The number of nitrogens with zero attached hydrogens (tertiary/aromatic N) is 1. The van der Waals surface area contributed by atoms with E-state index in [4.69, 9.17) is 4.74 Å². The number of rotatable bonds is 5. The molecule has 0 saturated carbocycles. The number of hydrogen-bond acceptors (Lipinski definition) is 3. The van der Waals surface area contributed by atoms with Crippen LogP contribution in [0.25, 0.3) is 0 Å². The van der Waals surface area contributed by atoms with Crippen molar-refractivity contribution in [3.8, 4) is 0 Å². The van der Waals surface area contributed by atoms with E-state index in [2.05, 4.69) is 0 Å². The van der Waals surface area contributed by atoms with Crippen molar-refractivity contribution < 1.29 is 9.53 Å². The lowest BCUT2D eigenvalue weighted by Crippen LogP contribution is -2.30. The summed E-state index contributed by atoms with van der Waals surface area (Å²) in [5.74, 6) is -0.333. The summed E-state index contributed by atoms with van der Waals surface area (Å²) in [6, 6.07) is 2.82. The van der Waals surface area contributed by atoms with Gasteiger partial charge in [0.25, 0.3) is 5.56 Å². The molecule has 0 aliphatic carbocycles. The molecule has 1 rings (SSSR count). The zero-order chi connectivity index (χ0) is 12.8. The monoisotopic (exact) mass is 237 g/mol. The van der Waals surface area contributed by atoms with Crippen LogP contribution in [-0.2, 0) is 9.53 Å². The van der Waals surface area contributed by atoms with Crippen molar-refractivity contribution in [3.05, 3.63) is 34.2 Å². The van der Waals surface area contributed by atoms with E-state index in [0.29, 0.717) is 13.0 Å². The predicted octanol–water partition coefficient (Wildman–Crippen LogP) is 2.06. The second kappa shape index (κ2) is 6.23. The zero-order valence-electron chi connectivity index (χ0n) is 10.6. The van der Waals surface area contributed by atoms with E-state index >= 15 is 0 Å². The Hall–Kier alpha value is -1.58. The van der Waals surface area contributed by atoms with Gasteiger partial charge in [-0.2, -0.15) is 0 Å². The molecule has 94 valence electrons. The highest BCUT2D eigenvalue weighted by molar-refractivity contribution is 5.74. The van der Waals surface area contributed by atoms with E-state index in [1.165, 1.54) is 10.6 Å². The first-order valence-electron chi connectivity index (χ1n) is 5.95. The van der Waals surface area contributed by atoms with Crippen LogP contribution in [0.2, 0.25) is 0 Å². The number of carbonyl (C=O) groups is 1. The number of pyridine rings is 1. The molecule has 4 heteroatoms. The highest BCUT2D eigenvalue weighted by atomic mass is 16.5. The number of ether oxygens (including phenoxy) is 1. The molecule has 0 fully saturated rings. The Morgan fingerprint density at radius 2 is 2.18 bits per heavy atom. The van der Waals surface area contributed by atoms with E-state index in [0.717, 1.165) is 12.0 Å². The molecule has 0 radical (unpaired) electrons. The van der Waals surface area contributed by atoms with Crippen LogP contribution in [0.3, 0.4) is 0 Å². The summed E-state index contributed by atoms with van der Waals surface area (Å²) in [5, 5.41) is 0. The Bertz CT molecular complexity index is 437. The first-order valence-corrected chi connectivity index (χ1v) is 5.95. The van der Waals surface area contributed by atoms with E-state index in [9.17, 15) is 9.59 Å². The first-order chi connectivity index (χ1) is 8.10. The Balaban J connectivity index is 2.93. The van der Waals surface area contributed by atoms with Gasteiger partial charge in [-0.15, -0.1) is 0 Å². The molecule has 1 unspecified atom stereocenters. The second-order valence-corrected chi connectivity index (χ2v) is 4.04. The molecule has 1 aromatic heterocycles. The third kappa shape index (κ3) is 3.44. The Kier molecular flexibility index (Phi) is 4.94. The van der Waals surface area contributed by atoms with Crippen LogP contribution in [-0.4, -0.2) is 17.1 Å². The highest BCUT2D eigenvalue weighted by Gasteiger charge is 2.20. The minimum absolute atomic E-state index is 0.162. The molecule has 0 saturated heterocycles. The maximum atomic E-state index is 11.8. The van der Waals surface area contributed by atoms with Crippen LogP contribution in [0.1, 0.15) is 38.3 Å². The van der Waals surface area contributed by atoms with Crippen molar-refractivity contribution in [2.75, 3.05) is 6.61 Å². The van der Waals surface area contributed by atoms with Gasteiger partial charge in [-0.1, -0.05) is 13.8 Å². The summed E-state index contributed by atoms with van der Waals surface area (Å²) in [6.07, 6.45) is 2.98. The van der Waals surface area contributed by atoms with Crippen molar-refractivity contribution in [2.24, 2.45) is 0 Å². The summed E-state index contributed by atoms with van der Waals surface area (Å²) >= 11 is 0. The van der Waals surface area contributed by atoms with Crippen molar-refractivity contribution in [2.45, 2.75) is 39.7 Å². The quantitative estimate of drug-likeness (QED) is 0.736. The maximum absolute atomic E-state index is 11.8. The third-order valence-electron chi connectivity index (χ3n) is 2.55. The maximum Gasteiger partial charge on any atom is 0.329 e. The number of aryl methyl sites for hydroxylation is 1. The van der Waals surface area contributed by atoms with E-state index in [1.807, 2.05) is 26.8 Å². The van der Waals surface area contributed by atoms with Gasteiger partial charge in [-0.05, 0) is 31.4 Å². The minimum atomic E-state index is -0.519. The van der Waals surface area contributed by atoms with Gasteiger partial charge in [0.2, 0.25) is 0 Å². The van der Waals surface area contributed by atoms with Gasteiger partial charge < -0.3 is 9.30 Å². The topological polar surface area (TPSA) is 48.3 Å². The van der Waals surface area contributed by atoms with Crippen LogP contribution < -0.4 is 5.56 Å². The SMILES string of the molecule is CCCOC(=O)C(CC)n1ccc(C)cc1=O. The fourth-order valence-electron chi connectivity index (χ4n) is 1.62. The second-order valence-electron chi connectivity index (χ2n) is 4.04. The summed E-state index contributed by atoms with van der Waals surface area (Å²) in [5.41, 5.74) is 0.730. The van der Waals surface area contributed by atoms with Crippen LogP contribution in [0, 0.1) is 6.92 Å². The van der Waals surface area contributed by atoms with E-state index in [1.54, 1.807) is 6.20 Å². The summed E-state index contributed by atoms with van der Waals surface area (Å²) < 4.78 is 6.52. The molecule has 0 spiro atoms. The van der Waals surface area contributed by atoms with Gasteiger partial charge in [0.05, 0.1) is 6.61 Å². The lowest BCUT2D eigenvalue weighted by molar-refractivity contribution is -0.147. The molecular weight excluding hydrogens is 218 g/mol. The molecular formula is C13H19NO3. The standard InChI is InChI=1S/C13H19NO3/c1-4-8-17-13(16)11(5-2)14-7-6-10(3)9-12(14)15/h6-7,9,11H,4-5,8H2,1-3H3.